The van der Waals surface area contributed by atoms with Crippen LogP contribution in [0.3, 0.4) is 0 Å². The quantitative estimate of drug-likeness (QED) is 0.666. The number of carbonyl (C=O) groups is 1. The number of hydrogen-bond donors (Lipinski definition) is 1. The van der Waals surface area contributed by atoms with Crippen molar-refractivity contribution >= 4 is 29.3 Å². The van der Waals surface area contributed by atoms with E-state index in [9.17, 15) is 4.79 Å². The van der Waals surface area contributed by atoms with Crippen molar-refractivity contribution in [2.45, 2.75) is 31.5 Å². The number of aromatic nitrogens is 2. The SMILES string of the molecule is CCC(C)NC(=O)c1nc(SC)ncc1Cl. The molecule has 1 amide bonds. The topological polar surface area (TPSA) is 54.9 Å². The Morgan fingerprint density at radius 2 is 2.38 bits per heavy atom. The zero-order chi connectivity index (χ0) is 12.1. The van der Waals surface area contributed by atoms with Crippen molar-refractivity contribution in [2.75, 3.05) is 6.26 Å². The summed E-state index contributed by atoms with van der Waals surface area (Å²) in [5.41, 5.74) is 0.237. The Hall–Kier alpha value is -0.810. The monoisotopic (exact) mass is 259 g/mol. The first-order chi connectivity index (χ1) is 7.58. The molecule has 1 heterocycles. The number of rotatable bonds is 4. The average Bonchev–Trinajstić information content (AvgIpc) is 2.29. The van der Waals surface area contributed by atoms with Crippen LogP contribution in [0.4, 0.5) is 0 Å². The molecular weight excluding hydrogens is 246 g/mol. The van der Waals surface area contributed by atoms with E-state index in [1.165, 1.54) is 18.0 Å². The van der Waals surface area contributed by atoms with Crippen LogP contribution in [0.2, 0.25) is 5.02 Å². The van der Waals surface area contributed by atoms with E-state index in [4.69, 9.17) is 11.6 Å². The lowest BCUT2D eigenvalue weighted by atomic mass is 10.2. The Bertz CT molecular complexity index is 386. The van der Waals surface area contributed by atoms with E-state index in [1.807, 2.05) is 20.1 Å². The van der Waals surface area contributed by atoms with E-state index in [-0.39, 0.29) is 22.7 Å². The first-order valence-corrected chi connectivity index (χ1v) is 6.56. The molecule has 1 aromatic rings. The van der Waals surface area contributed by atoms with Gasteiger partial charge in [0.2, 0.25) is 0 Å². The molecule has 0 aliphatic carbocycles. The highest BCUT2D eigenvalue weighted by Crippen LogP contribution is 2.16. The molecule has 0 saturated carbocycles. The molecule has 6 heteroatoms. The second-order valence-electron chi connectivity index (χ2n) is 3.34. The molecule has 0 radical (unpaired) electrons. The second-order valence-corrected chi connectivity index (χ2v) is 4.52. The maximum Gasteiger partial charge on any atom is 0.271 e. The van der Waals surface area contributed by atoms with Crippen molar-refractivity contribution in [1.82, 2.24) is 15.3 Å². The Labute approximate surface area is 104 Å². The maximum absolute atomic E-state index is 11.8. The van der Waals surface area contributed by atoms with Gasteiger partial charge in [0.1, 0.15) is 0 Å². The van der Waals surface area contributed by atoms with Crippen LogP contribution in [0.15, 0.2) is 11.4 Å². The lowest BCUT2D eigenvalue weighted by molar-refractivity contribution is 0.0933. The largest absolute Gasteiger partial charge is 0.348 e. The highest BCUT2D eigenvalue weighted by atomic mass is 35.5. The molecule has 1 unspecified atom stereocenters. The molecule has 0 fully saturated rings. The molecule has 1 N–H and O–H groups in total. The Morgan fingerprint density at radius 3 is 2.94 bits per heavy atom. The summed E-state index contributed by atoms with van der Waals surface area (Å²) >= 11 is 7.25. The molecule has 0 aromatic carbocycles. The van der Waals surface area contributed by atoms with Gasteiger partial charge in [-0.05, 0) is 19.6 Å². The molecular formula is C10H14ClN3OS. The fourth-order valence-corrected chi connectivity index (χ4v) is 1.52. The van der Waals surface area contributed by atoms with Crippen molar-refractivity contribution < 1.29 is 4.79 Å². The minimum atomic E-state index is -0.253. The van der Waals surface area contributed by atoms with Gasteiger partial charge in [-0.3, -0.25) is 4.79 Å². The zero-order valence-electron chi connectivity index (χ0n) is 9.45. The van der Waals surface area contributed by atoms with E-state index < -0.39 is 0 Å². The number of carbonyl (C=O) groups excluding carboxylic acids is 1. The smallest absolute Gasteiger partial charge is 0.271 e. The molecule has 4 nitrogen and oxygen atoms in total. The van der Waals surface area contributed by atoms with Crippen molar-refractivity contribution in [1.29, 1.82) is 0 Å². The molecule has 0 spiro atoms. The molecule has 1 aromatic heterocycles. The van der Waals surface area contributed by atoms with Gasteiger partial charge in [-0.15, -0.1) is 0 Å². The normalized spacial score (nSPS) is 12.2. The fourth-order valence-electron chi connectivity index (χ4n) is 1.00. The number of nitrogens with one attached hydrogen (secondary N) is 1. The molecule has 16 heavy (non-hydrogen) atoms. The Balaban J connectivity index is 2.89. The van der Waals surface area contributed by atoms with Gasteiger partial charge in [-0.1, -0.05) is 30.3 Å². The maximum atomic E-state index is 11.8. The van der Waals surface area contributed by atoms with E-state index in [1.54, 1.807) is 0 Å². The molecule has 0 aliphatic rings. The molecule has 88 valence electrons. The van der Waals surface area contributed by atoms with Crippen molar-refractivity contribution in [3.05, 3.63) is 16.9 Å². The van der Waals surface area contributed by atoms with Crippen molar-refractivity contribution in [3.8, 4) is 0 Å². The van der Waals surface area contributed by atoms with Gasteiger partial charge in [0, 0.05) is 6.04 Å². The van der Waals surface area contributed by atoms with Crippen LogP contribution in [-0.4, -0.2) is 28.2 Å². The lowest BCUT2D eigenvalue weighted by Crippen LogP contribution is -2.32. The highest BCUT2D eigenvalue weighted by molar-refractivity contribution is 7.98. The van der Waals surface area contributed by atoms with Crippen molar-refractivity contribution in [2.24, 2.45) is 0 Å². The van der Waals surface area contributed by atoms with Crippen LogP contribution in [0.1, 0.15) is 30.8 Å². The summed E-state index contributed by atoms with van der Waals surface area (Å²) in [6.07, 6.45) is 4.16. The standard InChI is InChI=1S/C10H14ClN3OS/c1-4-6(2)13-9(15)8-7(11)5-12-10(14-8)16-3/h5-6H,4H2,1-3H3,(H,13,15). The molecule has 0 saturated heterocycles. The third-order valence-electron chi connectivity index (χ3n) is 2.11. The predicted molar refractivity (Wildman–Crippen MR) is 66.0 cm³/mol. The van der Waals surface area contributed by atoms with Gasteiger partial charge in [-0.2, -0.15) is 0 Å². The van der Waals surface area contributed by atoms with Crippen LogP contribution in [0.5, 0.6) is 0 Å². The number of halogens is 1. The molecule has 0 aliphatic heterocycles. The van der Waals surface area contributed by atoms with E-state index in [2.05, 4.69) is 15.3 Å². The summed E-state index contributed by atoms with van der Waals surface area (Å²) < 4.78 is 0. The van der Waals surface area contributed by atoms with Gasteiger partial charge in [0.05, 0.1) is 11.2 Å². The van der Waals surface area contributed by atoms with Crippen molar-refractivity contribution in [3.63, 3.8) is 0 Å². The van der Waals surface area contributed by atoms with E-state index in [0.717, 1.165) is 6.42 Å². The number of hydrogen-bond acceptors (Lipinski definition) is 4. The van der Waals surface area contributed by atoms with E-state index >= 15 is 0 Å². The summed E-state index contributed by atoms with van der Waals surface area (Å²) in [6.45, 7) is 3.93. The molecule has 0 bridgehead atoms. The molecule has 1 atom stereocenters. The summed E-state index contributed by atoms with van der Waals surface area (Å²) in [4.78, 5) is 19.9. The van der Waals surface area contributed by atoms with Gasteiger partial charge < -0.3 is 5.32 Å². The minimum absolute atomic E-state index is 0.108. The Kier molecular flexibility index (Phi) is 5.02. The first-order valence-electron chi connectivity index (χ1n) is 4.95. The summed E-state index contributed by atoms with van der Waals surface area (Å²) in [5, 5.41) is 3.63. The minimum Gasteiger partial charge on any atom is -0.348 e. The number of nitrogens with zero attached hydrogens (tertiary/aromatic N) is 2. The fraction of sp³-hybridized carbons (Fsp3) is 0.500. The molecule has 1 rings (SSSR count). The third-order valence-corrected chi connectivity index (χ3v) is 2.95. The Morgan fingerprint density at radius 1 is 1.69 bits per heavy atom. The van der Waals surface area contributed by atoms with Crippen LogP contribution in [0, 0.1) is 0 Å². The first kappa shape index (κ1) is 13.3. The zero-order valence-corrected chi connectivity index (χ0v) is 11.0. The third kappa shape index (κ3) is 3.35. The van der Waals surface area contributed by atoms with Crippen LogP contribution >= 0.6 is 23.4 Å². The van der Waals surface area contributed by atoms with E-state index in [0.29, 0.717) is 5.16 Å². The van der Waals surface area contributed by atoms with Gasteiger partial charge in [0.25, 0.3) is 5.91 Å². The van der Waals surface area contributed by atoms with Gasteiger partial charge >= 0.3 is 0 Å². The van der Waals surface area contributed by atoms with Gasteiger partial charge in [0.15, 0.2) is 10.9 Å². The summed E-state index contributed by atoms with van der Waals surface area (Å²) in [6, 6.07) is 0.108. The average molecular weight is 260 g/mol. The summed E-state index contributed by atoms with van der Waals surface area (Å²) in [5.74, 6) is -0.253. The predicted octanol–water partition coefficient (Wildman–Crippen LogP) is 2.38. The summed E-state index contributed by atoms with van der Waals surface area (Å²) in [7, 11) is 0. The van der Waals surface area contributed by atoms with Crippen LogP contribution < -0.4 is 5.32 Å². The van der Waals surface area contributed by atoms with Crippen LogP contribution in [0.25, 0.3) is 0 Å². The van der Waals surface area contributed by atoms with Gasteiger partial charge in [-0.25, -0.2) is 9.97 Å². The number of thioether (sulfide) groups is 1. The highest BCUT2D eigenvalue weighted by Gasteiger charge is 2.15. The van der Waals surface area contributed by atoms with Crippen LogP contribution in [-0.2, 0) is 0 Å². The lowest BCUT2D eigenvalue weighted by Gasteiger charge is -2.11. The second kappa shape index (κ2) is 6.06. The number of amides is 1.